The van der Waals surface area contributed by atoms with Crippen LogP contribution in [0.25, 0.3) is 0 Å². The van der Waals surface area contributed by atoms with Gasteiger partial charge >= 0.3 is 0 Å². The Morgan fingerprint density at radius 1 is 1.21 bits per heavy atom. The Morgan fingerprint density at radius 3 is 2.52 bits per heavy atom. The van der Waals surface area contributed by atoms with E-state index in [-0.39, 0.29) is 22.2 Å². The number of nitrogens with zero attached hydrogens (tertiary/aromatic N) is 3. The Balaban J connectivity index is 0.000000709. The number of benzene rings is 1. The molecule has 33 heavy (non-hydrogen) atoms. The molecule has 0 fully saturated rings. The van der Waals surface area contributed by atoms with Crippen molar-refractivity contribution in [3.63, 3.8) is 0 Å². The smallest absolute Gasteiger partial charge is 0.300 e. The normalized spacial score (nSPS) is 15.3. The summed E-state index contributed by atoms with van der Waals surface area (Å²) < 4.78 is 5.44. The molecular weight excluding hydrogens is 470 g/mol. The Morgan fingerprint density at radius 2 is 1.94 bits per heavy atom. The van der Waals surface area contributed by atoms with Gasteiger partial charge in [0.2, 0.25) is 10.9 Å². The molecule has 0 spiro atoms. The van der Waals surface area contributed by atoms with Gasteiger partial charge in [0.1, 0.15) is 5.51 Å². The van der Waals surface area contributed by atoms with Gasteiger partial charge in [0, 0.05) is 6.92 Å². The van der Waals surface area contributed by atoms with Crippen molar-refractivity contribution >= 4 is 45.5 Å². The SMILES string of the molecule is CC(=O)O.CCOc1cc(C2C(C(=O)c3cccs3)=C(O)C(=O)N2c2nncs2)ccc1O. The number of aliphatic carboxylic acids is 1. The summed E-state index contributed by atoms with van der Waals surface area (Å²) in [4.78, 5) is 36.6. The number of ether oxygens (including phenoxy) is 1. The number of hydrogen-bond donors (Lipinski definition) is 3. The molecule has 2 aromatic heterocycles. The molecule has 1 aliphatic rings. The summed E-state index contributed by atoms with van der Waals surface area (Å²) >= 11 is 2.33. The van der Waals surface area contributed by atoms with E-state index in [1.165, 1.54) is 27.8 Å². The largest absolute Gasteiger partial charge is 0.504 e. The number of amides is 1. The van der Waals surface area contributed by atoms with Crippen molar-refractivity contribution < 1.29 is 34.4 Å². The lowest BCUT2D eigenvalue weighted by Crippen LogP contribution is -2.31. The van der Waals surface area contributed by atoms with E-state index in [0.29, 0.717) is 17.0 Å². The Labute approximate surface area is 196 Å². The molecule has 10 nitrogen and oxygen atoms in total. The number of carboxylic acid groups (broad SMARTS) is 1. The van der Waals surface area contributed by atoms with Crippen LogP contribution in [-0.2, 0) is 9.59 Å². The average Bonchev–Trinajstić information content (AvgIpc) is 3.52. The first-order valence-electron chi connectivity index (χ1n) is 9.52. The van der Waals surface area contributed by atoms with Gasteiger partial charge in [-0.2, -0.15) is 0 Å². The van der Waals surface area contributed by atoms with E-state index < -0.39 is 29.5 Å². The number of carbonyl (C=O) groups excluding carboxylic acids is 2. The van der Waals surface area contributed by atoms with Crippen LogP contribution in [0.15, 0.2) is 52.6 Å². The molecule has 1 amide bonds. The Kier molecular flexibility index (Phi) is 7.41. The van der Waals surface area contributed by atoms with Gasteiger partial charge in [0.05, 0.1) is 23.1 Å². The minimum Gasteiger partial charge on any atom is -0.504 e. The lowest BCUT2D eigenvalue weighted by atomic mass is 9.95. The highest BCUT2D eigenvalue weighted by molar-refractivity contribution is 7.13. The van der Waals surface area contributed by atoms with Crippen LogP contribution >= 0.6 is 22.7 Å². The molecule has 1 aliphatic heterocycles. The molecule has 3 N–H and O–H groups in total. The number of carboxylic acids is 1. The quantitative estimate of drug-likeness (QED) is 0.441. The van der Waals surface area contributed by atoms with Crippen LogP contribution in [0.4, 0.5) is 5.13 Å². The standard InChI is InChI=1S/C19H15N3O5S2.C2H4O2/c1-2-27-12-8-10(5-6-11(12)23)15-14(16(24)13-4-3-7-28-13)17(25)18(26)22(15)19-21-20-9-29-19;1-2(3)4/h3-9,15,23,25H,2H2,1H3;1H3,(H,3,4). The molecule has 4 rings (SSSR count). The van der Waals surface area contributed by atoms with E-state index in [1.54, 1.807) is 36.6 Å². The van der Waals surface area contributed by atoms with Crippen molar-refractivity contribution in [3.05, 3.63) is 63.0 Å². The van der Waals surface area contributed by atoms with Gasteiger partial charge in [-0.1, -0.05) is 23.5 Å². The number of aromatic nitrogens is 2. The molecule has 1 atom stereocenters. The van der Waals surface area contributed by atoms with E-state index in [1.807, 2.05) is 0 Å². The monoisotopic (exact) mass is 489 g/mol. The summed E-state index contributed by atoms with van der Waals surface area (Å²) in [6.07, 6.45) is 0. The van der Waals surface area contributed by atoms with Gasteiger partial charge in [-0.3, -0.25) is 19.3 Å². The molecule has 3 aromatic rings. The summed E-state index contributed by atoms with van der Waals surface area (Å²) in [5, 5.41) is 37.7. The number of Topliss-reactive ketones (excluding diaryl/α,β-unsaturated/α-hetero) is 1. The third kappa shape index (κ3) is 5.02. The zero-order valence-electron chi connectivity index (χ0n) is 17.5. The third-order valence-electron chi connectivity index (χ3n) is 4.35. The summed E-state index contributed by atoms with van der Waals surface area (Å²) in [6.45, 7) is 3.18. The topological polar surface area (TPSA) is 150 Å². The second-order valence-electron chi connectivity index (χ2n) is 6.55. The van der Waals surface area contributed by atoms with Crippen LogP contribution in [0.2, 0.25) is 0 Å². The number of rotatable bonds is 6. The van der Waals surface area contributed by atoms with E-state index in [4.69, 9.17) is 14.6 Å². The highest BCUT2D eigenvalue weighted by Crippen LogP contribution is 2.44. The minimum absolute atomic E-state index is 0.0548. The van der Waals surface area contributed by atoms with Crippen molar-refractivity contribution in [1.29, 1.82) is 0 Å². The predicted octanol–water partition coefficient (Wildman–Crippen LogP) is 3.58. The van der Waals surface area contributed by atoms with Crippen LogP contribution in [0.5, 0.6) is 11.5 Å². The van der Waals surface area contributed by atoms with Gasteiger partial charge in [-0.25, -0.2) is 0 Å². The summed E-state index contributed by atoms with van der Waals surface area (Å²) in [5.41, 5.74) is 1.89. The number of ketones is 1. The molecule has 12 heteroatoms. The van der Waals surface area contributed by atoms with Gasteiger partial charge in [0.15, 0.2) is 17.3 Å². The second kappa shape index (κ2) is 10.2. The highest BCUT2D eigenvalue weighted by atomic mass is 32.1. The second-order valence-corrected chi connectivity index (χ2v) is 8.31. The van der Waals surface area contributed by atoms with Crippen LogP contribution in [0, 0.1) is 0 Å². The first-order valence-corrected chi connectivity index (χ1v) is 11.3. The maximum absolute atomic E-state index is 13.1. The lowest BCUT2D eigenvalue weighted by Gasteiger charge is -2.24. The highest BCUT2D eigenvalue weighted by Gasteiger charge is 2.46. The molecule has 172 valence electrons. The third-order valence-corrected chi connectivity index (χ3v) is 5.91. The molecule has 0 aliphatic carbocycles. The van der Waals surface area contributed by atoms with Crippen molar-refractivity contribution in [3.8, 4) is 11.5 Å². The minimum atomic E-state index is -0.940. The molecule has 3 heterocycles. The van der Waals surface area contributed by atoms with E-state index >= 15 is 0 Å². The number of aliphatic hydroxyl groups excluding tert-OH is 1. The van der Waals surface area contributed by atoms with Crippen molar-refractivity contribution in [2.75, 3.05) is 11.5 Å². The molecular formula is C21H19N3O7S2. The van der Waals surface area contributed by atoms with E-state index in [9.17, 15) is 19.8 Å². The number of thiophene rings is 1. The fraction of sp³-hybridized carbons (Fsp3) is 0.190. The zero-order chi connectivity index (χ0) is 24.1. The number of hydrogen-bond acceptors (Lipinski definition) is 10. The van der Waals surface area contributed by atoms with E-state index in [2.05, 4.69) is 10.2 Å². The average molecular weight is 490 g/mol. The summed E-state index contributed by atoms with van der Waals surface area (Å²) in [7, 11) is 0. The van der Waals surface area contributed by atoms with Crippen molar-refractivity contribution in [2.24, 2.45) is 0 Å². The number of phenolic OH excluding ortho intramolecular Hbond substituents is 1. The van der Waals surface area contributed by atoms with Crippen molar-refractivity contribution in [1.82, 2.24) is 10.2 Å². The molecule has 0 radical (unpaired) electrons. The molecule has 1 aromatic carbocycles. The maximum atomic E-state index is 13.1. The fourth-order valence-corrected chi connectivity index (χ4v) is 4.40. The first-order chi connectivity index (χ1) is 15.8. The lowest BCUT2D eigenvalue weighted by molar-refractivity contribution is -0.134. The van der Waals surface area contributed by atoms with Crippen LogP contribution < -0.4 is 9.64 Å². The van der Waals surface area contributed by atoms with Crippen LogP contribution in [-0.4, -0.2) is 49.8 Å². The van der Waals surface area contributed by atoms with Gasteiger partial charge in [-0.05, 0) is 36.1 Å². The summed E-state index contributed by atoms with van der Waals surface area (Å²) in [6, 6.07) is 6.95. The number of carbonyl (C=O) groups is 3. The Bertz CT molecular complexity index is 1190. The number of aromatic hydroxyl groups is 1. The van der Waals surface area contributed by atoms with Gasteiger partial charge in [-0.15, -0.1) is 21.5 Å². The first kappa shape index (κ1) is 23.9. The van der Waals surface area contributed by atoms with Crippen LogP contribution in [0.1, 0.15) is 35.1 Å². The molecule has 0 saturated carbocycles. The van der Waals surface area contributed by atoms with Gasteiger partial charge in [0.25, 0.3) is 11.9 Å². The number of phenols is 1. The van der Waals surface area contributed by atoms with Crippen LogP contribution in [0.3, 0.4) is 0 Å². The number of aliphatic hydroxyl groups is 1. The molecule has 1 unspecified atom stereocenters. The fourth-order valence-electron chi connectivity index (χ4n) is 3.13. The predicted molar refractivity (Wildman–Crippen MR) is 121 cm³/mol. The van der Waals surface area contributed by atoms with Gasteiger partial charge < -0.3 is 20.1 Å². The molecule has 0 bridgehead atoms. The van der Waals surface area contributed by atoms with E-state index in [0.717, 1.165) is 18.3 Å². The number of anilines is 1. The van der Waals surface area contributed by atoms with Crippen molar-refractivity contribution in [2.45, 2.75) is 19.9 Å². The summed E-state index contributed by atoms with van der Waals surface area (Å²) in [5.74, 6) is -2.51. The molecule has 0 saturated heterocycles. The maximum Gasteiger partial charge on any atom is 0.300 e. The zero-order valence-corrected chi connectivity index (χ0v) is 19.1. The Hall–Kier alpha value is -3.77.